The second kappa shape index (κ2) is 5.37. The van der Waals surface area contributed by atoms with Gasteiger partial charge in [0.2, 0.25) is 0 Å². The van der Waals surface area contributed by atoms with Crippen molar-refractivity contribution in [3.63, 3.8) is 0 Å². The SMILES string of the molecule is CN(Cc1cccnc1)CC1CCC(C)(C)C1N. The van der Waals surface area contributed by atoms with Gasteiger partial charge in [-0.25, -0.2) is 0 Å². The van der Waals surface area contributed by atoms with Crippen LogP contribution in [0.15, 0.2) is 24.5 Å². The van der Waals surface area contributed by atoms with Crippen molar-refractivity contribution >= 4 is 0 Å². The summed E-state index contributed by atoms with van der Waals surface area (Å²) in [5.41, 5.74) is 7.93. The van der Waals surface area contributed by atoms with Crippen LogP contribution in [0.4, 0.5) is 0 Å². The molecule has 2 unspecified atom stereocenters. The van der Waals surface area contributed by atoms with Crippen molar-refractivity contribution in [2.75, 3.05) is 13.6 Å². The summed E-state index contributed by atoms with van der Waals surface area (Å²) in [4.78, 5) is 6.52. The monoisotopic (exact) mass is 247 g/mol. The van der Waals surface area contributed by atoms with E-state index in [4.69, 9.17) is 5.73 Å². The molecule has 0 amide bonds. The summed E-state index contributed by atoms with van der Waals surface area (Å²) in [6.45, 7) is 6.62. The Balaban J connectivity index is 1.87. The molecule has 100 valence electrons. The van der Waals surface area contributed by atoms with Crippen LogP contribution >= 0.6 is 0 Å². The fourth-order valence-electron chi connectivity index (χ4n) is 3.01. The summed E-state index contributed by atoms with van der Waals surface area (Å²) in [7, 11) is 2.17. The molecule has 2 atom stereocenters. The van der Waals surface area contributed by atoms with Gasteiger partial charge in [0.1, 0.15) is 0 Å². The fraction of sp³-hybridized carbons (Fsp3) is 0.667. The van der Waals surface area contributed by atoms with E-state index in [0.29, 0.717) is 17.4 Å². The van der Waals surface area contributed by atoms with E-state index in [9.17, 15) is 0 Å². The Bertz CT molecular complexity index is 375. The molecule has 1 fully saturated rings. The minimum Gasteiger partial charge on any atom is -0.327 e. The van der Waals surface area contributed by atoms with Gasteiger partial charge in [-0.3, -0.25) is 4.98 Å². The highest BCUT2D eigenvalue weighted by Gasteiger charge is 2.39. The first-order chi connectivity index (χ1) is 8.49. The van der Waals surface area contributed by atoms with Crippen LogP contribution < -0.4 is 5.73 Å². The highest BCUT2D eigenvalue weighted by molar-refractivity contribution is 5.08. The lowest BCUT2D eigenvalue weighted by atomic mass is 9.85. The first kappa shape index (κ1) is 13.5. The van der Waals surface area contributed by atoms with Gasteiger partial charge in [-0.15, -0.1) is 0 Å². The van der Waals surface area contributed by atoms with E-state index in [0.717, 1.165) is 13.1 Å². The molecule has 1 aromatic heterocycles. The van der Waals surface area contributed by atoms with Crippen molar-refractivity contribution in [3.8, 4) is 0 Å². The van der Waals surface area contributed by atoms with E-state index in [-0.39, 0.29) is 0 Å². The maximum atomic E-state index is 6.36. The Morgan fingerprint density at radius 3 is 2.83 bits per heavy atom. The molecule has 1 aliphatic carbocycles. The van der Waals surface area contributed by atoms with Crippen LogP contribution in [0.25, 0.3) is 0 Å². The predicted octanol–water partition coefficient (Wildman–Crippen LogP) is 2.28. The quantitative estimate of drug-likeness (QED) is 0.887. The maximum absolute atomic E-state index is 6.36. The summed E-state index contributed by atoms with van der Waals surface area (Å²) in [6, 6.07) is 4.45. The molecule has 1 heterocycles. The topological polar surface area (TPSA) is 42.2 Å². The lowest BCUT2D eigenvalue weighted by Gasteiger charge is -2.29. The molecule has 1 saturated carbocycles. The molecule has 3 heteroatoms. The van der Waals surface area contributed by atoms with E-state index in [1.165, 1.54) is 18.4 Å². The number of hydrogen-bond donors (Lipinski definition) is 1. The van der Waals surface area contributed by atoms with Crippen molar-refractivity contribution in [1.82, 2.24) is 9.88 Å². The van der Waals surface area contributed by atoms with Gasteiger partial charge >= 0.3 is 0 Å². The molecule has 0 aromatic carbocycles. The predicted molar refractivity (Wildman–Crippen MR) is 75.1 cm³/mol. The standard InChI is InChI=1S/C15H25N3/c1-15(2)7-6-13(14(15)16)11-18(3)10-12-5-4-8-17-9-12/h4-5,8-9,13-14H,6-7,10-11,16H2,1-3H3. The average molecular weight is 247 g/mol. The van der Waals surface area contributed by atoms with Crippen molar-refractivity contribution in [1.29, 1.82) is 0 Å². The van der Waals surface area contributed by atoms with Crippen LogP contribution in [0, 0.1) is 11.3 Å². The van der Waals surface area contributed by atoms with Gasteiger partial charge in [-0.2, -0.15) is 0 Å². The lowest BCUT2D eigenvalue weighted by molar-refractivity contribution is 0.229. The number of nitrogens with two attached hydrogens (primary N) is 1. The van der Waals surface area contributed by atoms with Gasteiger partial charge in [-0.05, 0) is 42.9 Å². The van der Waals surface area contributed by atoms with Crippen molar-refractivity contribution in [2.45, 2.75) is 39.3 Å². The van der Waals surface area contributed by atoms with Crippen LogP contribution in [0.3, 0.4) is 0 Å². The molecule has 3 nitrogen and oxygen atoms in total. The smallest absolute Gasteiger partial charge is 0.0312 e. The minimum absolute atomic E-state index is 0.305. The average Bonchev–Trinajstić information content (AvgIpc) is 2.57. The van der Waals surface area contributed by atoms with Crippen molar-refractivity contribution < 1.29 is 0 Å². The molecule has 0 saturated heterocycles. The van der Waals surface area contributed by atoms with Crippen LogP contribution in [-0.2, 0) is 6.54 Å². The summed E-state index contributed by atoms with van der Waals surface area (Å²) in [6.07, 6.45) is 6.26. The third-order valence-corrected chi connectivity index (χ3v) is 4.29. The van der Waals surface area contributed by atoms with E-state index in [1.54, 1.807) is 0 Å². The van der Waals surface area contributed by atoms with E-state index in [2.05, 4.69) is 36.8 Å². The molecule has 0 spiro atoms. The van der Waals surface area contributed by atoms with Crippen molar-refractivity contribution in [3.05, 3.63) is 30.1 Å². The fourth-order valence-corrected chi connectivity index (χ4v) is 3.01. The number of rotatable bonds is 4. The molecule has 18 heavy (non-hydrogen) atoms. The van der Waals surface area contributed by atoms with Gasteiger partial charge in [0.05, 0.1) is 0 Å². The minimum atomic E-state index is 0.305. The Hall–Kier alpha value is -0.930. The van der Waals surface area contributed by atoms with Gasteiger partial charge in [0.25, 0.3) is 0 Å². The normalized spacial score (nSPS) is 26.7. The highest BCUT2D eigenvalue weighted by Crippen LogP contribution is 2.40. The first-order valence-corrected chi connectivity index (χ1v) is 6.82. The molecule has 1 aliphatic rings. The van der Waals surface area contributed by atoms with Gasteiger partial charge in [-0.1, -0.05) is 19.9 Å². The summed E-state index contributed by atoms with van der Waals surface area (Å²) < 4.78 is 0. The zero-order chi connectivity index (χ0) is 13.2. The zero-order valence-electron chi connectivity index (χ0n) is 11.8. The Kier molecular flexibility index (Phi) is 4.03. The van der Waals surface area contributed by atoms with Gasteiger partial charge < -0.3 is 10.6 Å². The number of aromatic nitrogens is 1. The molecule has 1 aromatic rings. The zero-order valence-corrected chi connectivity index (χ0v) is 11.8. The maximum Gasteiger partial charge on any atom is 0.0312 e. The Labute approximate surface area is 110 Å². The lowest BCUT2D eigenvalue weighted by Crippen LogP contribution is -2.41. The van der Waals surface area contributed by atoms with E-state index < -0.39 is 0 Å². The summed E-state index contributed by atoms with van der Waals surface area (Å²) in [5.74, 6) is 0.627. The molecule has 0 bridgehead atoms. The molecule has 2 N–H and O–H groups in total. The summed E-state index contributed by atoms with van der Waals surface area (Å²) in [5, 5.41) is 0. The van der Waals surface area contributed by atoms with Crippen LogP contribution in [0.5, 0.6) is 0 Å². The molecular weight excluding hydrogens is 222 g/mol. The van der Waals surface area contributed by atoms with E-state index in [1.807, 2.05) is 18.5 Å². The third kappa shape index (κ3) is 3.09. The Morgan fingerprint density at radius 2 is 2.28 bits per heavy atom. The highest BCUT2D eigenvalue weighted by atomic mass is 15.1. The summed E-state index contributed by atoms with van der Waals surface area (Å²) >= 11 is 0. The van der Waals surface area contributed by atoms with E-state index >= 15 is 0 Å². The second-order valence-electron chi connectivity index (χ2n) is 6.37. The van der Waals surface area contributed by atoms with Crippen LogP contribution in [-0.4, -0.2) is 29.5 Å². The first-order valence-electron chi connectivity index (χ1n) is 6.82. The largest absolute Gasteiger partial charge is 0.327 e. The van der Waals surface area contributed by atoms with Crippen molar-refractivity contribution in [2.24, 2.45) is 17.1 Å². The molecule has 0 aliphatic heterocycles. The number of nitrogens with zero attached hydrogens (tertiary/aromatic N) is 2. The van der Waals surface area contributed by atoms with Crippen LogP contribution in [0.1, 0.15) is 32.3 Å². The molecule has 0 radical (unpaired) electrons. The number of hydrogen-bond acceptors (Lipinski definition) is 3. The molecular formula is C15H25N3. The van der Waals surface area contributed by atoms with Gasteiger partial charge in [0, 0.05) is 31.5 Å². The molecule has 2 rings (SSSR count). The second-order valence-corrected chi connectivity index (χ2v) is 6.37. The van der Waals surface area contributed by atoms with Gasteiger partial charge in [0.15, 0.2) is 0 Å². The number of pyridine rings is 1. The third-order valence-electron chi connectivity index (χ3n) is 4.29. The Morgan fingerprint density at radius 1 is 1.50 bits per heavy atom. The van der Waals surface area contributed by atoms with Crippen LogP contribution in [0.2, 0.25) is 0 Å².